The molecule has 1 N–H and O–H groups in total. The van der Waals surface area contributed by atoms with E-state index in [1.165, 1.54) is 7.11 Å². The number of carboxylic acid groups (broad SMARTS) is 1. The fraction of sp³-hybridized carbons (Fsp3) is 0.714. The number of carbonyl (C=O) groups excluding carboxylic acids is 2. The van der Waals surface area contributed by atoms with Gasteiger partial charge >= 0.3 is 5.97 Å². The first-order valence-corrected chi connectivity index (χ1v) is 7.80. The fourth-order valence-electron chi connectivity index (χ4n) is 3.07. The van der Waals surface area contributed by atoms with Gasteiger partial charge in [0.2, 0.25) is 0 Å². The summed E-state index contributed by atoms with van der Waals surface area (Å²) in [5.74, 6) is -2.91. The van der Waals surface area contributed by atoms with Crippen molar-refractivity contribution in [3.63, 3.8) is 0 Å². The number of aliphatic carboxylic acids is 1. The summed E-state index contributed by atoms with van der Waals surface area (Å²) < 4.78 is 4.76. The van der Waals surface area contributed by atoms with Crippen molar-refractivity contribution in [1.82, 2.24) is 5.32 Å². The van der Waals surface area contributed by atoms with Gasteiger partial charge < -0.3 is 20.0 Å². The first kappa shape index (κ1) is 16.9. The fourth-order valence-corrected chi connectivity index (χ4v) is 3.77. The van der Waals surface area contributed by atoms with E-state index in [-0.39, 0.29) is 5.25 Å². The predicted molar refractivity (Wildman–Crippen MR) is 76.9 cm³/mol. The maximum Gasteiger partial charge on any atom is 0.335 e. The van der Waals surface area contributed by atoms with Crippen LogP contribution >= 0.6 is 11.8 Å². The van der Waals surface area contributed by atoms with Gasteiger partial charge in [-0.1, -0.05) is 13.8 Å². The number of nitrogens with one attached hydrogen (secondary N) is 1. The van der Waals surface area contributed by atoms with Crippen molar-refractivity contribution in [2.24, 2.45) is 11.8 Å². The Morgan fingerprint density at radius 3 is 2.45 bits per heavy atom. The van der Waals surface area contributed by atoms with Crippen molar-refractivity contribution < 1.29 is 19.4 Å². The van der Waals surface area contributed by atoms with Crippen LogP contribution in [0.5, 0.6) is 0 Å². The van der Waals surface area contributed by atoms with Crippen LogP contribution in [-0.2, 0) is 14.3 Å². The molecule has 0 spiro atoms. The normalized spacial score (nSPS) is 31.5. The smallest absolute Gasteiger partial charge is 0.335 e. The number of allylic oxidation sites excluding steroid dienone is 1. The van der Waals surface area contributed by atoms with Crippen molar-refractivity contribution in [1.29, 1.82) is 0 Å². The molecule has 1 aliphatic heterocycles. The second-order valence-corrected chi connectivity index (χ2v) is 6.58. The van der Waals surface area contributed by atoms with Crippen LogP contribution < -0.4 is 10.4 Å². The molecule has 0 bridgehead atoms. The van der Waals surface area contributed by atoms with Gasteiger partial charge in [-0.15, -0.1) is 0 Å². The first-order valence-electron chi connectivity index (χ1n) is 6.51. The summed E-state index contributed by atoms with van der Waals surface area (Å²) in [4.78, 5) is 23.5. The third kappa shape index (κ3) is 2.66. The minimum atomic E-state index is -1.15. The van der Waals surface area contributed by atoms with Crippen molar-refractivity contribution in [2.75, 3.05) is 13.4 Å². The summed E-state index contributed by atoms with van der Waals surface area (Å²) in [5.41, 5.74) is 0.372. The lowest BCUT2D eigenvalue weighted by Gasteiger charge is -2.50. The second kappa shape index (κ2) is 6.08. The quantitative estimate of drug-likeness (QED) is 0.764. The van der Waals surface area contributed by atoms with Crippen LogP contribution in [0.4, 0.5) is 0 Å². The molecule has 20 heavy (non-hydrogen) atoms. The molecule has 1 rings (SSSR count). The Hall–Kier alpha value is -1.17. The molecule has 0 radical (unpaired) electrons. The van der Waals surface area contributed by atoms with Crippen LogP contribution in [0.25, 0.3) is 0 Å². The summed E-state index contributed by atoms with van der Waals surface area (Å²) in [5, 5.41) is 14.9. The third-order valence-electron chi connectivity index (χ3n) is 4.32. The van der Waals surface area contributed by atoms with E-state index in [1.807, 2.05) is 20.1 Å². The molecule has 4 unspecified atom stereocenters. The Morgan fingerprint density at radius 2 is 2.05 bits per heavy atom. The molecule has 114 valence electrons. The minimum Gasteiger partial charge on any atom is -0.550 e. The van der Waals surface area contributed by atoms with Gasteiger partial charge in [-0.2, -0.15) is 11.8 Å². The van der Waals surface area contributed by atoms with Crippen molar-refractivity contribution >= 4 is 23.7 Å². The number of hydrogen-bond acceptors (Lipinski definition) is 6. The first-order chi connectivity index (χ1) is 9.20. The van der Waals surface area contributed by atoms with Crippen molar-refractivity contribution in [2.45, 2.75) is 38.5 Å². The maximum atomic E-state index is 11.9. The zero-order valence-corrected chi connectivity index (χ0v) is 13.6. The number of rotatable bonds is 4. The van der Waals surface area contributed by atoms with E-state index in [9.17, 15) is 14.7 Å². The summed E-state index contributed by atoms with van der Waals surface area (Å²) in [6.45, 7) is 7.35. The number of thioether (sulfide) groups is 1. The van der Waals surface area contributed by atoms with Gasteiger partial charge in [-0.3, -0.25) is 0 Å². The molecule has 6 heteroatoms. The number of carbonyl (C=O) groups is 2. The lowest BCUT2D eigenvalue weighted by atomic mass is 9.69. The van der Waals surface area contributed by atoms with Gasteiger partial charge in [0.15, 0.2) is 0 Å². The van der Waals surface area contributed by atoms with Gasteiger partial charge in [-0.05, 0) is 20.1 Å². The maximum absolute atomic E-state index is 11.9. The third-order valence-corrected chi connectivity index (χ3v) is 5.52. The van der Waals surface area contributed by atoms with Crippen LogP contribution in [0.3, 0.4) is 0 Å². The SMILES string of the molecule is COC(=O)C1=C(C)NC(C)(C(C)SC)C(C(=O)[O-])C1C. The van der Waals surface area contributed by atoms with Gasteiger partial charge in [0, 0.05) is 28.8 Å². The van der Waals surface area contributed by atoms with E-state index in [2.05, 4.69) is 5.32 Å². The van der Waals surface area contributed by atoms with Gasteiger partial charge in [0.05, 0.1) is 18.2 Å². The highest BCUT2D eigenvalue weighted by atomic mass is 32.2. The summed E-state index contributed by atoms with van der Waals surface area (Å²) >= 11 is 1.58. The Bertz CT molecular complexity index is 448. The molecule has 1 aliphatic rings. The summed E-state index contributed by atoms with van der Waals surface area (Å²) in [6.07, 6.45) is 1.93. The van der Waals surface area contributed by atoms with Crippen LogP contribution in [0.15, 0.2) is 11.3 Å². The van der Waals surface area contributed by atoms with Gasteiger partial charge in [0.25, 0.3) is 0 Å². The molecule has 0 aromatic rings. The summed E-state index contributed by atoms with van der Waals surface area (Å²) in [7, 11) is 1.29. The predicted octanol–water partition coefficient (Wildman–Crippen LogP) is 0.549. The molecule has 0 aliphatic carbocycles. The van der Waals surface area contributed by atoms with Crippen LogP contribution in [0.2, 0.25) is 0 Å². The van der Waals surface area contributed by atoms with E-state index in [1.54, 1.807) is 25.6 Å². The Balaban J connectivity index is 3.37. The minimum absolute atomic E-state index is 0.0435. The highest BCUT2D eigenvalue weighted by Crippen LogP contribution is 2.41. The molecular weight excluding hydrogens is 278 g/mol. The molecule has 0 aromatic heterocycles. The largest absolute Gasteiger partial charge is 0.550 e. The van der Waals surface area contributed by atoms with Crippen LogP contribution in [0, 0.1) is 11.8 Å². The monoisotopic (exact) mass is 300 g/mol. The molecule has 5 nitrogen and oxygen atoms in total. The van der Waals surface area contributed by atoms with Crippen molar-refractivity contribution in [3.05, 3.63) is 11.3 Å². The number of carboxylic acids is 1. The number of methoxy groups -OCH3 is 1. The van der Waals surface area contributed by atoms with E-state index in [4.69, 9.17) is 4.74 Å². The Morgan fingerprint density at radius 1 is 1.50 bits per heavy atom. The molecule has 4 atom stereocenters. The van der Waals surface area contributed by atoms with E-state index in [0.717, 1.165) is 0 Å². The number of hydrogen-bond donors (Lipinski definition) is 1. The molecule has 1 heterocycles. The molecule has 0 fully saturated rings. The Labute approximate surface area is 124 Å². The Kier molecular flexibility index (Phi) is 5.13. The average molecular weight is 300 g/mol. The number of ether oxygens (including phenoxy) is 1. The molecule has 0 saturated heterocycles. The zero-order chi connectivity index (χ0) is 15.7. The number of esters is 1. The van der Waals surface area contributed by atoms with Crippen LogP contribution in [-0.4, -0.2) is 36.1 Å². The average Bonchev–Trinajstić information content (AvgIpc) is 2.35. The lowest BCUT2D eigenvalue weighted by molar-refractivity contribution is -0.315. The lowest BCUT2D eigenvalue weighted by Crippen LogP contribution is -2.64. The van der Waals surface area contributed by atoms with Gasteiger partial charge in [0.1, 0.15) is 0 Å². The standard InChI is InChI=1S/C14H23NO4S/c1-7-10(13(18)19-5)8(2)15-14(4,9(3)20-6)11(7)12(16)17/h7,9,11,15H,1-6H3,(H,16,17)/p-1. The molecule has 0 amide bonds. The topological polar surface area (TPSA) is 78.5 Å². The van der Waals surface area contributed by atoms with E-state index < -0.39 is 29.3 Å². The molecule has 0 saturated carbocycles. The van der Waals surface area contributed by atoms with E-state index >= 15 is 0 Å². The molecular formula is C14H22NO4S-. The second-order valence-electron chi connectivity index (χ2n) is 5.40. The zero-order valence-electron chi connectivity index (χ0n) is 12.8. The molecule has 0 aromatic carbocycles. The van der Waals surface area contributed by atoms with Crippen molar-refractivity contribution in [3.8, 4) is 0 Å². The highest BCUT2D eigenvalue weighted by Gasteiger charge is 2.48. The highest BCUT2D eigenvalue weighted by molar-refractivity contribution is 7.99. The van der Waals surface area contributed by atoms with Gasteiger partial charge in [-0.25, -0.2) is 4.79 Å². The van der Waals surface area contributed by atoms with Crippen LogP contribution in [0.1, 0.15) is 27.7 Å². The van der Waals surface area contributed by atoms with E-state index in [0.29, 0.717) is 11.3 Å². The summed E-state index contributed by atoms with van der Waals surface area (Å²) in [6, 6.07) is 0.